The Morgan fingerprint density at radius 1 is 0.531 bits per heavy atom. The number of amides is 4. The molecule has 4 atom stereocenters. The summed E-state index contributed by atoms with van der Waals surface area (Å²) in [6.45, 7) is 1.01. The van der Waals surface area contributed by atoms with E-state index in [0.29, 0.717) is 48.7 Å². The quantitative estimate of drug-likeness (QED) is 0.0783. The zero-order chi connectivity index (χ0) is 43.9. The van der Waals surface area contributed by atoms with Crippen molar-refractivity contribution in [2.24, 2.45) is 0 Å². The van der Waals surface area contributed by atoms with Crippen LogP contribution in [0.1, 0.15) is 72.6 Å². The molecule has 0 spiro atoms. The molecule has 0 unspecified atom stereocenters. The number of hydrogen-bond acceptors (Lipinski definition) is 6. The molecule has 0 radical (unpaired) electrons. The number of imidazole rings is 2. The molecule has 64 heavy (non-hydrogen) atoms. The molecular weight excluding hydrogens is 809 g/mol. The molecule has 6 aromatic carbocycles. The number of fused-ring (bicyclic) bond motifs is 3. The van der Waals surface area contributed by atoms with E-state index in [1.807, 2.05) is 36.4 Å². The maximum atomic E-state index is 13.9. The van der Waals surface area contributed by atoms with Gasteiger partial charge in [0.2, 0.25) is 0 Å². The molecule has 10 rings (SSSR count). The fourth-order valence-corrected chi connectivity index (χ4v) is 9.41. The predicted molar refractivity (Wildman–Crippen MR) is 242 cm³/mol. The number of benzene rings is 6. The molecule has 2 aromatic heterocycles. The summed E-state index contributed by atoms with van der Waals surface area (Å²) in [6.07, 6.45) is 0.458. The molecule has 8 aromatic rings. The van der Waals surface area contributed by atoms with E-state index in [1.165, 1.54) is 0 Å². The lowest BCUT2D eigenvalue weighted by molar-refractivity contribution is -0.135. The second-order valence-corrected chi connectivity index (χ2v) is 16.5. The van der Waals surface area contributed by atoms with Crippen LogP contribution in [-0.4, -0.2) is 77.0 Å². The van der Waals surface area contributed by atoms with Crippen LogP contribution in [0.2, 0.25) is 0 Å². The molecule has 320 valence electrons. The van der Waals surface area contributed by atoms with Crippen LogP contribution >= 0.6 is 0 Å². The number of nitrogens with zero attached hydrogens (tertiary/aromatic N) is 4. The summed E-state index contributed by atoms with van der Waals surface area (Å²) in [7, 11) is 0. The highest BCUT2D eigenvalue weighted by molar-refractivity contribution is 5.94. The van der Waals surface area contributed by atoms with E-state index in [0.717, 1.165) is 67.9 Å². The Morgan fingerprint density at radius 2 is 0.922 bits per heavy atom. The summed E-state index contributed by atoms with van der Waals surface area (Å²) in [5, 5.41) is 26.1. The molecular formula is C50H44N8O6. The third-order valence-electron chi connectivity index (χ3n) is 12.5. The SMILES string of the molecule is O=C(O)N[C@@H](C(=O)N1CCC[C@H]1c1nc2cc(-c3ccc4cc(-c5ccc6[nH]c([C@@H]7CCCN7C(=O)[C@H](NC(=O)O)c7ccccc7)nc6c5)ccc4c3)ccc2[nH]1)c1ccccc1. The van der Waals surface area contributed by atoms with Gasteiger partial charge >= 0.3 is 12.2 Å². The van der Waals surface area contributed by atoms with Gasteiger partial charge in [0, 0.05) is 13.1 Å². The predicted octanol–water partition coefficient (Wildman–Crippen LogP) is 9.27. The molecule has 4 heterocycles. The molecule has 6 N–H and O–H groups in total. The Labute approximate surface area is 367 Å². The van der Waals surface area contributed by atoms with Gasteiger partial charge in [0.15, 0.2) is 0 Å². The molecule has 2 fully saturated rings. The lowest BCUT2D eigenvalue weighted by Gasteiger charge is -2.28. The molecule has 0 bridgehead atoms. The van der Waals surface area contributed by atoms with Gasteiger partial charge in [-0.2, -0.15) is 0 Å². The normalized spacial score (nSPS) is 17.2. The number of carbonyl (C=O) groups excluding carboxylic acids is 2. The summed E-state index contributed by atoms with van der Waals surface area (Å²) in [6, 6.07) is 40.1. The van der Waals surface area contributed by atoms with Crippen LogP contribution < -0.4 is 10.6 Å². The number of aromatic nitrogens is 4. The van der Waals surface area contributed by atoms with Gasteiger partial charge in [-0.15, -0.1) is 0 Å². The van der Waals surface area contributed by atoms with E-state index in [2.05, 4.69) is 69.1 Å². The van der Waals surface area contributed by atoms with Crippen LogP contribution in [-0.2, 0) is 9.59 Å². The zero-order valence-corrected chi connectivity index (χ0v) is 34.6. The maximum absolute atomic E-state index is 13.9. The van der Waals surface area contributed by atoms with Gasteiger partial charge in [-0.05, 0) is 106 Å². The number of rotatable bonds is 10. The number of aromatic amines is 2. The van der Waals surface area contributed by atoms with Gasteiger partial charge in [-0.25, -0.2) is 19.6 Å². The highest BCUT2D eigenvalue weighted by atomic mass is 16.4. The second-order valence-electron chi connectivity index (χ2n) is 16.5. The van der Waals surface area contributed by atoms with Crippen LogP contribution in [0, 0.1) is 0 Å². The Morgan fingerprint density at radius 3 is 1.33 bits per heavy atom. The van der Waals surface area contributed by atoms with Crippen molar-refractivity contribution in [2.45, 2.75) is 49.9 Å². The smallest absolute Gasteiger partial charge is 0.405 e. The van der Waals surface area contributed by atoms with Crippen molar-refractivity contribution in [1.29, 1.82) is 0 Å². The van der Waals surface area contributed by atoms with E-state index < -0.39 is 24.3 Å². The van der Waals surface area contributed by atoms with E-state index in [9.17, 15) is 29.4 Å². The number of carbonyl (C=O) groups is 4. The Balaban J connectivity index is 0.864. The Hall–Kier alpha value is -8.00. The van der Waals surface area contributed by atoms with Crippen molar-refractivity contribution in [3.63, 3.8) is 0 Å². The highest BCUT2D eigenvalue weighted by Gasteiger charge is 2.38. The fraction of sp³-hybridized carbons (Fsp3) is 0.200. The highest BCUT2D eigenvalue weighted by Crippen LogP contribution is 2.37. The van der Waals surface area contributed by atoms with Crippen LogP contribution in [0.3, 0.4) is 0 Å². The molecule has 2 saturated heterocycles. The van der Waals surface area contributed by atoms with E-state index in [-0.39, 0.29) is 23.9 Å². The van der Waals surface area contributed by atoms with Crippen LogP contribution in [0.4, 0.5) is 9.59 Å². The summed E-state index contributed by atoms with van der Waals surface area (Å²) >= 11 is 0. The topological polar surface area (TPSA) is 197 Å². The first-order chi connectivity index (χ1) is 31.2. The lowest BCUT2D eigenvalue weighted by atomic mass is 9.97. The number of likely N-dealkylation sites (tertiary alicyclic amines) is 2. The molecule has 0 aliphatic carbocycles. The van der Waals surface area contributed by atoms with Crippen molar-refractivity contribution in [2.75, 3.05) is 13.1 Å². The summed E-state index contributed by atoms with van der Waals surface area (Å²) in [4.78, 5) is 71.4. The van der Waals surface area contributed by atoms with Gasteiger partial charge in [-0.1, -0.05) is 97.1 Å². The molecule has 2 aliphatic heterocycles. The number of H-pyrrole nitrogens is 2. The van der Waals surface area contributed by atoms with Crippen molar-refractivity contribution in [3.05, 3.63) is 156 Å². The van der Waals surface area contributed by atoms with E-state index >= 15 is 0 Å². The first kappa shape index (κ1) is 40.1. The molecule has 4 amide bonds. The van der Waals surface area contributed by atoms with Gasteiger partial charge in [0.05, 0.1) is 34.2 Å². The second kappa shape index (κ2) is 16.7. The minimum atomic E-state index is -1.26. The Bertz CT molecular complexity index is 2870. The average Bonchev–Trinajstić information content (AvgIpc) is 4.15. The minimum absolute atomic E-state index is 0.305. The third kappa shape index (κ3) is 7.74. The molecule has 14 heteroatoms. The van der Waals surface area contributed by atoms with Crippen LogP contribution in [0.15, 0.2) is 133 Å². The lowest BCUT2D eigenvalue weighted by Crippen LogP contribution is -2.42. The van der Waals surface area contributed by atoms with Gasteiger partial charge < -0.3 is 40.6 Å². The third-order valence-corrected chi connectivity index (χ3v) is 12.5. The van der Waals surface area contributed by atoms with Crippen molar-refractivity contribution >= 4 is 56.8 Å². The van der Waals surface area contributed by atoms with Crippen LogP contribution in [0.5, 0.6) is 0 Å². The first-order valence-corrected chi connectivity index (χ1v) is 21.4. The average molecular weight is 853 g/mol. The van der Waals surface area contributed by atoms with Gasteiger partial charge in [0.25, 0.3) is 11.8 Å². The van der Waals surface area contributed by atoms with E-state index in [1.54, 1.807) is 58.3 Å². The summed E-state index contributed by atoms with van der Waals surface area (Å²) in [5.74, 6) is 0.739. The zero-order valence-electron chi connectivity index (χ0n) is 34.6. The molecule has 0 saturated carbocycles. The standard InChI is InChI=1S/C50H44N8O6/c59-47(43(55-49(61)62)29-9-3-1-4-10-29)57-23-7-13-41(57)45-51-37-21-19-35(27-39(37)53-45)33-17-15-32-26-34(18-16-31(32)25-33)36-20-22-38-40(28-36)54-46(52-38)42-14-8-24-58(42)48(60)44(56-50(63)64)30-11-5-2-6-12-30/h1-6,9-12,15-22,25-28,41-44,55-56H,7-8,13-14,23-24H2,(H,51,53)(H,52,54)(H,61,62)(H,63,64)/t41-,42-,43+,44+/m0/s1. The van der Waals surface area contributed by atoms with Crippen molar-refractivity contribution in [1.82, 2.24) is 40.4 Å². The number of carboxylic acid groups (broad SMARTS) is 2. The Kier molecular flexibility index (Phi) is 10.5. The monoisotopic (exact) mass is 852 g/mol. The van der Waals surface area contributed by atoms with Crippen LogP contribution in [0.25, 0.3) is 55.1 Å². The van der Waals surface area contributed by atoms with Crippen molar-refractivity contribution in [3.8, 4) is 22.3 Å². The van der Waals surface area contributed by atoms with Gasteiger partial charge in [0.1, 0.15) is 23.7 Å². The summed E-state index contributed by atoms with van der Waals surface area (Å²) in [5.41, 5.74) is 8.51. The summed E-state index contributed by atoms with van der Waals surface area (Å²) < 4.78 is 0. The fourth-order valence-electron chi connectivity index (χ4n) is 9.41. The first-order valence-electron chi connectivity index (χ1n) is 21.4. The number of hydrogen-bond donors (Lipinski definition) is 6. The minimum Gasteiger partial charge on any atom is -0.465 e. The van der Waals surface area contributed by atoms with Crippen molar-refractivity contribution < 1.29 is 29.4 Å². The van der Waals surface area contributed by atoms with Gasteiger partial charge in [-0.3, -0.25) is 9.59 Å². The number of nitrogens with one attached hydrogen (secondary N) is 4. The molecule has 2 aliphatic rings. The van der Waals surface area contributed by atoms with E-state index in [4.69, 9.17) is 9.97 Å². The molecule has 14 nitrogen and oxygen atoms in total. The largest absolute Gasteiger partial charge is 0.465 e. The maximum Gasteiger partial charge on any atom is 0.405 e.